The fourth-order valence-electron chi connectivity index (χ4n) is 4.46. The van der Waals surface area contributed by atoms with Gasteiger partial charge in [-0.2, -0.15) is 0 Å². The third-order valence-electron chi connectivity index (χ3n) is 6.45. The number of anilines is 2. The van der Waals surface area contributed by atoms with Gasteiger partial charge >= 0.3 is 0 Å². The average molecular weight is 504 g/mol. The van der Waals surface area contributed by atoms with E-state index in [0.717, 1.165) is 55.1 Å². The van der Waals surface area contributed by atoms with Crippen LogP contribution in [0.5, 0.6) is 0 Å². The molecule has 4 aromatic rings. The third-order valence-corrected chi connectivity index (χ3v) is 7.81. The molecule has 1 aliphatic heterocycles. The lowest BCUT2D eigenvalue weighted by atomic mass is 10.1. The maximum absolute atomic E-state index is 8.36. The van der Waals surface area contributed by atoms with E-state index in [4.69, 9.17) is 9.90 Å². The number of pyridine rings is 1. The zero-order valence-corrected chi connectivity index (χ0v) is 22.0. The summed E-state index contributed by atoms with van der Waals surface area (Å²) in [6.07, 6.45) is 1.87. The number of aromatic nitrogens is 2. The minimum absolute atomic E-state index is 0.191. The van der Waals surface area contributed by atoms with Gasteiger partial charge < -0.3 is 20.3 Å². The largest absolute Gasteiger partial charge is 0.483 e. The van der Waals surface area contributed by atoms with E-state index < -0.39 is 0 Å². The molecule has 1 saturated heterocycles. The molecule has 0 unspecified atom stereocenters. The minimum Gasteiger partial charge on any atom is -0.483 e. The van der Waals surface area contributed by atoms with Crippen LogP contribution in [0, 0.1) is 0 Å². The molecule has 3 heterocycles. The van der Waals surface area contributed by atoms with E-state index in [2.05, 4.69) is 106 Å². The van der Waals surface area contributed by atoms with Gasteiger partial charge in [0, 0.05) is 55.7 Å². The van der Waals surface area contributed by atoms with Gasteiger partial charge in [0.2, 0.25) is 0 Å². The highest BCUT2D eigenvalue weighted by Gasteiger charge is 2.14. The first-order valence-electron chi connectivity index (χ1n) is 12.1. The van der Waals surface area contributed by atoms with Gasteiger partial charge in [-0.3, -0.25) is 9.69 Å². The number of carbonyl (C=O) groups is 1. The first-order valence-corrected chi connectivity index (χ1v) is 14.3. The molecule has 1 fully saturated rings. The van der Waals surface area contributed by atoms with E-state index in [0.29, 0.717) is 0 Å². The second-order valence-corrected chi connectivity index (χ2v) is 11.5. The molecule has 2 aromatic carbocycles. The summed E-state index contributed by atoms with van der Waals surface area (Å²) < 4.78 is 0. The van der Waals surface area contributed by atoms with Crippen LogP contribution >= 0.6 is 7.92 Å². The van der Waals surface area contributed by atoms with Crippen LogP contribution in [-0.4, -0.2) is 77.9 Å². The van der Waals surface area contributed by atoms with Gasteiger partial charge in [0.1, 0.15) is 5.65 Å². The fraction of sp³-hybridized carbons (Fsp3) is 0.286. The Morgan fingerprint density at radius 1 is 1.03 bits per heavy atom. The summed E-state index contributed by atoms with van der Waals surface area (Å²) in [5.74, 6) is 0. The van der Waals surface area contributed by atoms with E-state index in [1.807, 2.05) is 6.20 Å². The smallest absolute Gasteiger partial charge is 0.290 e. The van der Waals surface area contributed by atoms with Crippen LogP contribution < -0.4 is 10.6 Å². The first-order chi connectivity index (χ1) is 17.5. The Bertz CT molecular complexity index is 1280. The highest BCUT2D eigenvalue weighted by molar-refractivity contribution is 7.64. The van der Waals surface area contributed by atoms with Gasteiger partial charge in [-0.1, -0.05) is 50.4 Å². The molecule has 0 radical (unpaired) electrons. The number of nitrogens with zero attached hydrogens (tertiary/aromatic N) is 3. The van der Waals surface area contributed by atoms with Crippen LogP contribution in [0.2, 0.25) is 0 Å². The number of likely N-dealkylation sites (N-methyl/N-ethyl adjacent to an activating group) is 1. The molecular formula is C28H34N5O2P. The van der Waals surface area contributed by atoms with Crippen molar-refractivity contribution in [2.75, 3.05) is 51.9 Å². The van der Waals surface area contributed by atoms with Crippen molar-refractivity contribution in [3.63, 3.8) is 0 Å². The summed E-state index contributed by atoms with van der Waals surface area (Å²) in [7, 11) is 2.01. The van der Waals surface area contributed by atoms with E-state index in [9.17, 15) is 0 Å². The summed E-state index contributed by atoms with van der Waals surface area (Å²) in [5, 5.41) is 13.0. The lowest BCUT2D eigenvalue weighted by Crippen LogP contribution is -2.43. The standard InChI is InChI=1S/C27H32N5P.CH2O2/c1-31-14-16-32(17-15-31)19-20-8-10-21(11-9-20)25-18-22-23(12-13-28-27(22)30-25)29-24-6-4-5-7-26(24)33(2)3;2-1-3/h4-13,18H,14-17,19H2,1-3H3,(H2,28,29,30);1H,(H,2,3). The van der Waals surface area contributed by atoms with E-state index in [1.165, 1.54) is 22.1 Å². The first kappa shape index (κ1) is 25.8. The molecule has 0 bridgehead atoms. The number of nitrogens with one attached hydrogen (secondary N) is 2. The Hall–Kier alpha value is -3.25. The van der Waals surface area contributed by atoms with Crippen molar-refractivity contribution in [2.45, 2.75) is 6.54 Å². The number of piperazine rings is 1. The molecule has 188 valence electrons. The molecule has 0 atom stereocenters. The molecule has 2 aromatic heterocycles. The summed E-state index contributed by atoms with van der Waals surface area (Å²) >= 11 is 0. The molecule has 7 nitrogen and oxygen atoms in total. The molecule has 5 rings (SSSR count). The van der Waals surface area contributed by atoms with Gasteiger partial charge in [-0.05, 0) is 55.0 Å². The Balaban J connectivity index is 0.000000967. The number of carboxylic acid groups (broad SMARTS) is 1. The molecule has 3 N–H and O–H groups in total. The number of hydrogen-bond donors (Lipinski definition) is 3. The number of hydrogen-bond acceptors (Lipinski definition) is 5. The van der Waals surface area contributed by atoms with Crippen molar-refractivity contribution in [1.29, 1.82) is 0 Å². The van der Waals surface area contributed by atoms with E-state index >= 15 is 0 Å². The van der Waals surface area contributed by atoms with Crippen molar-refractivity contribution in [2.24, 2.45) is 0 Å². The second kappa shape index (κ2) is 12.1. The monoisotopic (exact) mass is 503 g/mol. The quantitative estimate of drug-likeness (QED) is 0.259. The molecular weight excluding hydrogens is 469 g/mol. The highest BCUT2D eigenvalue weighted by atomic mass is 31.1. The molecule has 0 aliphatic carbocycles. The molecule has 36 heavy (non-hydrogen) atoms. The van der Waals surface area contributed by atoms with Crippen LogP contribution in [0.1, 0.15) is 5.56 Å². The maximum atomic E-state index is 8.36. The van der Waals surface area contributed by atoms with E-state index in [-0.39, 0.29) is 14.4 Å². The number of fused-ring (bicyclic) bond motifs is 1. The normalized spacial score (nSPS) is 14.4. The van der Waals surface area contributed by atoms with Crippen molar-refractivity contribution < 1.29 is 9.90 Å². The summed E-state index contributed by atoms with van der Waals surface area (Å²) in [6.45, 7) is 9.94. The number of benzene rings is 2. The van der Waals surface area contributed by atoms with Crippen LogP contribution in [0.15, 0.2) is 66.9 Å². The van der Waals surface area contributed by atoms with Crippen molar-refractivity contribution in [1.82, 2.24) is 19.8 Å². The van der Waals surface area contributed by atoms with E-state index in [1.54, 1.807) is 0 Å². The number of aromatic amines is 1. The van der Waals surface area contributed by atoms with Crippen LogP contribution in [-0.2, 0) is 11.3 Å². The lowest BCUT2D eigenvalue weighted by molar-refractivity contribution is -0.122. The van der Waals surface area contributed by atoms with Gasteiger partial charge in [-0.15, -0.1) is 0 Å². The Morgan fingerprint density at radius 3 is 2.42 bits per heavy atom. The van der Waals surface area contributed by atoms with Gasteiger partial charge in [-0.25, -0.2) is 4.98 Å². The summed E-state index contributed by atoms with van der Waals surface area (Å²) in [6, 6.07) is 21.8. The summed E-state index contributed by atoms with van der Waals surface area (Å²) in [5.41, 5.74) is 6.82. The summed E-state index contributed by atoms with van der Waals surface area (Å²) in [4.78, 5) is 21.4. The van der Waals surface area contributed by atoms with Gasteiger partial charge in [0.15, 0.2) is 0 Å². The number of rotatable bonds is 6. The minimum atomic E-state index is -0.250. The Morgan fingerprint density at radius 2 is 1.72 bits per heavy atom. The Labute approximate surface area is 213 Å². The van der Waals surface area contributed by atoms with Crippen LogP contribution in [0.3, 0.4) is 0 Å². The molecule has 0 amide bonds. The molecule has 0 saturated carbocycles. The second-order valence-electron chi connectivity index (χ2n) is 9.22. The van der Waals surface area contributed by atoms with Gasteiger partial charge in [0.25, 0.3) is 6.47 Å². The predicted octanol–water partition coefficient (Wildman–Crippen LogP) is 4.79. The SMILES string of the molecule is CN1CCN(Cc2ccc(-c3cc4c(Nc5ccccc5P(C)C)ccnc4[nH]3)cc2)CC1.O=CO. The zero-order valence-electron chi connectivity index (χ0n) is 21.1. The lowest BCUT2D eigenvalue weighted by Gasteiger charge is -2.32. The van der Waals surface area contributed by atoms with Crippen LogP contribution in [0.25, 0.3) is 22.3 Å². The predicted molar refractivity (Wildman–Crippen MR) is 151 cm³/mol. The van der Waals surface area contributed by atoms with Crippen molar-refractivity contribution >= 4 is 42.1 Å². The number of H-pyrrole nitrogens is 1. The highest BCUT2D eigenvalue weighted by Crippen LogP contribution is 2.33. The average Bonchev–Trinajstić information content (AvgIpc) is 3.32. The third kappa shape index (κ3) is 6.30. The zero-order chi connectivity index (χ0) is 25.5. The van der Waals surface area contributed by atoms with Crippen molar-refractivity contribution in [3.8, 4) is 11.3 Å². The topological polar surface area (TPSA) is 84.5 Å². The number of para-hydroxylation sites is 1. The van der Waals surface area contributed by atoms with Gasteiger partial charge in [0.05, 0.1) is 5.69 Å². The van der Waals surface area contributed by atoms with Crippen LogP contribution in [0.4, 0.5) is 11.4 Å². The Kier molecular flexibility index (Phi) is 8.70. The maximum Gasteiger partial charge on any atom is 0.290 e. The molecule has 0 spiro atoms. The molecule has 1 aliphatic rings. The molecule has 8 heteroatoms. The fourth-order valence-corrected chi connectivity index (χ4v) is 5.46. The van der Waals surface area contributed by atoms with Crippen molar-refractivity contribution in [3.05, 3.63) is 72.4 Å².